The van der Waals surface area contributed by atoms with Crippen molar-refractivity contribution >= 4 is 22.5 Å². The number of hydrogen-bond acceptors (Lipinski definition) is 5. The molecule has 5 rings (SSSR count). The maximum atomic E-state index is 13.1. The molecule has 1 amide bonds. The highest BCUT2D eigenvalue weighted by Gasteiger charge is 2.29. The van der Waals surface area contributed by atoms with Gasteiger partial charge in [0.15, 0.2) is 5.69 Å². The summed E-state index contributed by atoms with van der Waals surface area (Å²) in [6, 6.07) is 18.8. The Kier molecular flexibility index (Phi) is 3.77. The number of aromatic nitrogens is 2. The third kappa shape index (κ3) is 2.78. The summed E-state index contributed by atoms with van der Waals surface area (Å²) < 4.78 is 5.94. The lowest BCUT2D eigenvalue weighted by atomic mass is 9.94. The number of carbonyl (C=O) groups is 1. The number of hydrogen-bond donors (Lipinski definition) is 2. The molecule has 0 saturated heterocycles. The Hall–Kier alpha value is -4.20. The fourth-order valence-electron chi connectivity index (χ4n) is 3.55. The molecule has 0 saturated carbocycles. The first-order valence-corrected chi connectivity index (χ1v) is 8.91. The van der Waals surface area contributed by atoms with Crippen molar-refractivity contribution in [1.29, 1.82) is 0 Å². The molecule has 0 bridgehead atoms. The number of amides is 1. The van der Waals surface area contributed by atoms with Gasteiger partial charge in [0.2, 0.25) is 0 Å². The molecule has 2 heterocycles. The van der Waals surface area contributed by atoms with E-state index in [1.165, 1.54) is 18.2 Å². The lowest BCUT2D eigenvalue weighted by molar-refractivity contribution is -0.384. The zero-order chi connectivity index (χ0) is 20.0. The number of carbonyl (C=O) groups excluding carboxylic acids is 1. The lowest BCUT2D eigenvalue weighted by Gasteiger charge is -2.28. The van der Waals surface area contributed by atoms with Gasteiger partial charge in [-0.15, -0.1) is 0 Å². The van der Waals surface area contributed by atoms with Crippen LogP contribution in [0.3, 0.4) is 0 Å². The van der Waals surface area contributed by atoms with Crippen molar-refractivity contribution in [3.63, 3.8) is 0 Å². The Morgan fingerprint density at radius 2 is 1.69 bits per heavy atom. The molecular weight excluding hydrogens is 372 g/mol. The first kappa shape index (κ1) is 16.9. The molecule has 0 spiro atoms. The number of para-hydroxylation sites is 2. The van der Waals surface area contributed by atoms with Crippen molar-refractivity contribution in [2.24, 2.45) is 0 Å². The second kappa shape index (κ2) is 6.45. The number of H-pyrrole nitrogens is 1. The number of fused-ring (bicyclic) bond motifs is 3. The van der Waals surface area contributed by atoms with E-state index in [0.717, 1.165) is 11.1 Å². The highest BCUT2D eigenvalue weighted by molar-refractivity contribution is 6.05. The topological polar surface area (TPSA) is 110 Å². The van der Waals surface area contributed by atoms with Crippen LogP contribution in [0.2, 0.25) is 0 Å². The summed E-state index contributed by atoms with van der Waals surface area (Å²) in [6.45, 7) is 0. The van der Waals surface area contributed by atoms with E-state index in [-0.39, 0.29) is 11.4 Å². The minimum absolute atomic E-state index is 0.102. The number of benzene rings is 3. The summed E-state index contributed by atoms with van der Waals surface area (Å²) >= 11 is 0. The van der Waals surface area contributed by atoms with Crippen LogP contribution in [0.5, 0.6) is 11.5 Å². The summed E-state index contributed by atoms with van der Waals surface area (Å²) in [5, 5.41) is 21.3. The predicted octanol–water partition coefficient (Wildman–Crippen LogP) is 4.10. The molecule has 1 aliphatic heterocycles. The lowest BCUT2D eigenvalue weighted by Crippen LogP contribution is -2.31. The van der Waals surface area contributed by atoms with Gasteiger partial charge in [0, 0.05) is 28.6 Å². The molecule has 0 fully saturated rings. The van der Waals surface area contributed by atoms with Crippen LogP contribution in [0, 0.1) is 10.1 Å². The molecule has 1 aliphatic rings. The SMILES string of the molecule is O=C(NC1c2ccccc2Oc2ccccc21)c1n[nH]c2ccc([N+](=O)[O-])cc12. The number of non-ortho nitro benzene ring substituents is 1. The van der Waals surface area contributed by atoms with Gasteiger partial charge in [-0.05, 0) is 18.2 Å². The molecule has 0 aliphatic carbocycles. The largest absolute Gasteiger partial charge is 0.457 e. The molecule has 29 heavy (non-hydrogen) atoms. The van der Waals surface area contributed by atoms with Crippen LogP contribution >= 0.6 is 0 Å². The minimum Gasteiger partial charge on any atom is -0.457 e. The van der Waals surface area contributed by atoms with Crippen LogP contribution in [0.25, 0.3) is 10.9 Å². The number of rotatable bonds is 3. The Morgan fingerprint density at radius 3 is 2.34 bits per heavy atom. The maximum absolute atomic E-state index is 13.1. The molecule has 3 aromatic carbocycles. The summed E-state index contributed by atoms with van der Waals surface area (Å²) in [4.78, 5) is 23.7. The van der Waals surface area contributed by atoms with E-state index in [1.54, 1.807) is 0 Å². The average molecular weight is 386 g/mol. The number of aromatic amines is 1. The van der Waals surface area contributed by atoms with Crippen LogP contribution in [-0.4, -0.2) is 21.0 Å². The number of ether oxygens (including phenoxy) is 1. The average Bonchev–Trinajstić information content (AvgIpc) is 3.17. The first-order valence-electron chi connectivity index (χ1n) is 8.91. The van der Waals surface area contributed by atoms with E-state index in [0.29, 0.717) is 22.4 Å². The smallest absolute Gasteiger partial charge is 0.273 e. The standard InChI is InChI=1S/C21H14N4O4/c26-21(20-15-11-12(25(27)28)9-10-16(15)23-24-20)22-19-13-5-1-3-7-17(13)29-18-8-4-2-6-14(18)19/h1-11,19H,(H,22,26)(H,23,24). The van der Waals surface area contributed by atoms with Gasteiger partial charge >= 0.3 is 0 Å². The molecule has 0 radical (unpaired) electrons. The number of nitrogens with one attached hydrogen (secondary N) is 2. The van der Waals surface area contributed by atoms with E-state index >= 15 is 0 Å². The van der Waals surface area contributed by atoms with E-state index in [4.69, 9.17) is 4.74 Å². The molecule has 0 atom stereocenters. The highest BCUT2D eigenvalue weighted by atomic mass is 16.6. The van der Waals surface area contributed by atoms with Crippen LogP contribution in [0.4, 0.5) is 5.69 Å². The third-order valence-electron chi connectivity index (χ3n) is 4.93. The van der Waals surface area contributed by atoms with Gasteiger partial charge in [-0.3, -0.25) is 20.0 Å². The molecule has 8 nitrogen and oxygen atoms in total. The predicted molar refractivity (Wildman–Crippen MR) is 105 cm³/mol. The number of nitrogens with zero attached hydrogens (tertiary/aromatic N) is 2. The van der Waals surface area contributed by atoms with Crippen molar-refractivity contribution in [3.8, 4) is 11.5 Å². The summed E-state index contributed by atoms with van der Waals surface area (Å²) in [7, 11) is 0. The van der Waals surface area contributed by atoms with Crippen LogP contribution in [0.15, 0.2) is 66.7 Å². The van der Waals surface area contributed by atoms with Crippen molar-refractivity contribution < 1.29 is 14.5 Å². The van der Waals surface area contributed by atoms with Crippen molar-refractivity contribution in [2.45, 2.75) is 6.04 Å². The van der Waals surface area contributed by atoms with E-state index in [2.05, 4.69) is 15.5 Å². The monoisotopic (exact) mass is 386 g/mol. The minimum atomic E-state index is -0.501. The Morgan fingerprint density at radius 1 is 1.03 bits per heavy atom. The Bertz CT molecular complexity index is 1240. The second-order valence-corrected chi connectivity index (χ2v) is 6.64. The van der Waals surface area contributed by atoms with Crippen molar-refractivity contribution in [2.75, 3.05) is 0 Å². The summed E-state index contributed by atoms with van der Waals surface area (Å²) in [5.74, 6) is 0.895. The fraction of sp³-hybridized carbons (Fsp3) is 0.0476. The van der Waals surface area contributed by atoms with E-state index in [1.807, 2.05) is 48.5 Å². The van der Waals surface area contributed by atoms with Gasteiger partial charge in [0.1, 0.15) is 11.5 Å². The van der Waals surface area contributed by atoms with Gasteiger partial charge in [-0.2, -0.15) is 5.10 Å². The number of nitro benzene ring substituents is 1. The molecule has 2 N–H and O–H groups in total. The Labute approximate surface area is 164 Å². The van der Waals surface area contributed by atoms with Gasteiger partial charge in [-0.1, -0.05) is 36.4 Å². The van der Waals surface area contributed by atoms with E-state index < -0.39 is 16.9 Å². The normalized spacial score (nSPS) is 12.7. The molecule has 4 aromatic rings. The highest BCUT2D eigenvalue weighted by Crippen LogP contribution is 2.42. The van der Waals surface area contributed by atoms with Crippen molar-refractivity contribution in [3.05, 3.63) is 93.7 Å². The molecule has 142 valence electrons. The summed E-state index contributed by atoms with van der Waals surface area (Å²) in [5.41, 5.74) is 2.20. The number of nitro groups is 1. The van der Waals surface area contributed by atoms with E-state index in [9.17, 15) is 14.9 Å². The third-order valence-corrected chi connectivity index (χ3v) is 4.93. The van der Waals surface area contributed by atoms with Crippen LogP contribution < -0.4 is 10.1 Å². The molecule has 8 heteroatoms. The molecule has 0 unspecified atom stereocenters. The summed E-state index contributed by atoms with van der Waals surface area (Å²) in [6.07, 6.45) is 0. The maximum Gasteiger partial charge on any atom is 0.273 e. The van der Waals surface area contributed by atoms with Gasteiger partial charge in [0.25, 0.3) is 11.6 Å². The van der Waals surface area contributed by atoms with Gasteiger partial charge in [-0.25, -0.2) is 0 Å². The van der Waals surface area contributed by atoms with Crippen LogP contribution in [-0.2, 0) is 0 Å². The quantitative estimate of drug-likeness (QED) is 0.407. The van der Waals surface area contributed by atoms with Gasteiger partial charge in [0.05, 0.1) is 16.5 Å². The second-order valence-electron chi connectivity index (χ2n) is 6.64. The fourth-order valence-corrected chi connectivity index (χ4v) is 3.55. The molecule has 1 aromatic heterocycles. The first-order chi connectivity index (χ1) is 14.1. The van der Waals surface area contributed by atoms with Crippen LogP contribution in [0.1, 0.15) is 27.7 Å². The van der Waals surface area contributed by atoms with Crippen molar-refractivity contribution in [1.82, 2.24) is 15.5 Å². The molecular formula is C21H14N4O4. The Balaban J connectivity index is 1.56. The zero-order valence-electron chi connectivity index (χ0n) is 15.0. The zero-order valence-corrected chi connectivity index (χ0v) is 15.0. The van der Waals surface area contributed by atoms with Gasteiger partial charge < -0.3 is 10.1 Å².